The molecule has 2 rings (SSSR count). The molecular weight excluding hydrogens is 420 g/mol. The van der Waals surface area contributed by atoms with Gasteiger partial charge in [-0.3, -0.25) is 9.59 Å². The number of phenols is 1. The molecule has 0 saturated carbocycles. The van der Waals surface area contributed by atoms with E-state index >= 15 is 0 Å². The topological polar surface area (TPSA) is 102 Å². The van der Waals surface area contributed by atoms with Crippen LogP contribution < -0.4 is 4.74 Å². The van der Waals surface area contributed by atoms with Gasteiger partial charge in [0, 0.05) is 17.7 Å². The fourth-order valence-corrected chi connectivity index (χ4v) is 4.49. The summed E-state index contributed by atoms with van der Waals surface area (Å²) in [5, 5.41) is 19.3. The van der Waals surface area contributed by atoms with Crippen LogP contribution in [0.15, 0.2) is 12.1 Å². The van der Waals surface area contributed by atoms with Gasteiger partial charge in [-0.05, 0) is 44.1 Å². The molecule has 1 aromatic carbocycles. The molecule has 1 heterocycles. The van der Waals surface area contributed by atoms with Crippen molar-refractivity contribution in [2.24, 2.45) is 0 Å². The maximum absolute atomic E-state index is 11.7. The number of ether oxygens (including phenoxy) is 3. The Morgan fingerprint density at radius 1 is 1.32 bits per heavy atom. The van der Waals surface area contributed by atoms with Crippen LogP contribution in [0.1, 0.15) is 68.8 Å². The Labute approximate surface area is 188 Å². The summed E-state index contributed by atoms with van der Waals surface area (Å²) in [4.78, 5) is 22.5. The average Bonchev–Trinajstić information content (AvgIpc) is 3.15. The van der Waals surface area contributed by atoms with Crippen LogP contribution in [0.4, 0.5) is 0 Å². The van der Waals surface area contributed by atoms with Gasteiger partial charge in [0.05, 0.1) is 31.3 Å². The fraction of sp³-hybridized carbons (Fsp3) is 0.652. The normalized spacial score (nSPS) is 20.7. The number of aromatic hydroxyl groups is 1. The number of carbonyl (C=O) groups is 2. The maximum atomic E-state index is 11.7. The first kappa shape index (κ1) is 25.5. The molecule has 174 valence electrons. The molecule has 0 radical (unpaired) electrons. The third kappa shape index (κ3) is 7.40. The number of hydrogen-bond acceptors (Lipinski definition) is 7. The van der Waals surface area contributed by atoms with Gasteiger partial charge < -0.3 is 24.4 Å². The van der Waals surface area contributed by atoms with E-state index in [1.54, 1.807) is 23.9 Å². The van der Waals surface area contributed by atoms with Crippen molar-refractivity contribution < 1.29 is 34.0 Å². The quantitative estimate of drug-likeness (QED) is 0.314. The highest BCUT2D eigenvalue weighted by atomic mass is 32.2. The largest absolute Gasteiger partial charge is 0.507 e. The van der Waals surface area contributed by atoms with Crippen molar-refractivity contribution in [1.29, 1.82) is 0 Å². The smallest absolute Gasteiger partial charge is 0.303 e. The standard InChI is InChI=1S/C23H34O7S/c1-4-7-19-20(9-8-18(16(3)24)22(19)27)28-12-6-13-31-15-17-14-29-23(5-2,30-17)11-10-21(25)26/h8-9,17,27H,4-7,10-15H2,1-3H3,(H,25,26). The summed E-state index contributed by atoms with van der Waals surface area (Å²) in [6.45, 7) is 6.41. The van der Waals surface area contributed by atoms with E-state index in [0.29, 0.717) is 49.4 Å². The van der Waals surface area contributed by atoms with E-state index in [4.69, 9.17) is 19.3 Å². The van der Waals surface area contributed by atoms with Gasteiger partial charge in [0.15, 0.2) is 11.6 Å². The van der Waals surface area contributed by atoms with Crippen molar-refractivity contribution in [3.8, 4) is 11.5 Å². The molecule has 8 heteroatoms. The fourth-order valence-electron chi connectivity index (χ4n) is 3.58. The molecule has 0 aliphatic carbocycles. The molecule has 0 amide bonds. The molecule has 31 heavy (non-hydrogen) atoms. The zero-order valence-corrected chi connectivity index (χ0v) is 19.5. The van der Waals surface area contributed by atoms with E-state index in [2.05, 4.69) is 0 Å². The SMILES string of the molecule is CCCc1c(OCCCSCC2COC(CC)(CCC(=O)O)O2)ccc(C(C)=O)c1O. The first-order valence-corrected chi connectivity index (χ1v) is 12.1. The average molecular weight is 455 g/mol. The molecule has 0 spiro atoms. The number of phenolic OH excluding ortho intramolecular Hbond substituents is 1. The Morgan fingerprint density at radius 2 is 2.10 bits per heavy atom. The minimum atomic E-state index is -0.843. The van der Waals surface area contributed by atoms with Crippen LogP contribution in [0.3, 0.4) is 0 Å². The lowest BCUT2D eigenvalue weighted by molar-refractivity contribution is -0.177. The van der Waals surface area contributed by atoms with Crippen LogP contribution >= 0.6 is 11.8 Å². The maximum Gasteiger partial charge on any atom is 0.303 e. The Kier molecular flexibility index (Phi) is 10.1. The third-order valence-corrected chi connectivity index (χ3v) is 6.47. The summed E-state index contributed by atoms with van der Waals surface area (Å²) < 4.78 is 17.7. The molecule has 1 fully saturated rings. The Balaban J connectivity index is 1.74. The number of benzene rings is 1. The van der Waals surface area contributed by atoms with Crippen LogP contribution in [0.25, 0.3) is 0 Å². The second kappa shape index (κ2) is 12.3. The predicted molar refractivity (Wildman–Crippen MR) is 120 cm³/mol. The highest BCUT2D eigenvalue weighted by Gasteiger charge is 2.39. The molecule has 0 aromatic heterocycles. The number of rotatable bonds is 14. The second-order valence-corrected chi connectivity index (χ2v) is 8.88. The number of ketones is 1. The van der Waals surface area contributed by atoms with Crippen molar-refractivity contribution in [1.82, 2.24) is 0 Å². The van der Waals surface area contributed by atoms with E-state index in [1.165, 1.54) is 6.92 Å². The number of carbonyl (C=O) groups excluding carboxylic acids is 1. The van der Waals surface area contributed by atoms with Gasteiger partial charge in [-0.2, -0.15) is 11.8 Å². The first-order valence-electron chi connectivity index (χ1n) is 10.9. The number of aliphatic carboxylic acids is 1. The monoisotopic (exact) mass is 454 g/mol. The third-order valence-electron chi connectivity index (χ3n) is 5.29. The molecule has 1 aliphatic rings. The van der Waals surface area contributed by atoms with Crippen LogP contribution in [-0.2, 0) is 20.7 Å². The van der Waals surface area contributed by atoms with Gasteiger partial charge in [-0.1, -0.05) is 20.3 Å². The number of carboxylic acid groups (broad SMARTS) is 1. The number of hydrogen-bond donors (Lipinski definition) is 2. The molecule has 7 nitrogen and oxygen atoms in total. The zero-order valence-electron chi connectivity index (χ0n) is 18.6. The molecule has 2 unspecified atom stereocenters. The Bertz CT molecular complexity index is 752. The summed E-state index contributed by atoms with van der Waals surface area (Å²) in [5.41, 5.74) is 1.02. The highest BCUT2D eigenvalue weighted by Crippen LogP contribution is 2.34. The molecular formula is C23H34O7S. The lowest BCUT2D eigenvalue weighted by atomic mass is 10.0. The Hall–Kier alpha value is -1.77. The van der Waals surface area contributed by atoms with Crippen molar-refractivity contribution in [3.05, 3.63) is 23.3 Å². The van der Waals surface area contributed by atoms with Gasteiger partial charge in [0.1, 0.15) is 11.5 Å². The van der Waals surface area contributed by atoms with E-state index in [1.807, 2.05) is 13.8 Å². The minimum absolute atomic E-state index is 0.0295. The minimum Gasteiger partial charge on any atom is -0.507 e. The van der Waals surface area contributed by atoms with E-state index in [-0.39, 0.29) is 24.1 Å². The summed E-state index contributed by atoms with van der Waals surface area (Å²) in [7, 11) is 0. The van der Waals surface area contributed by atoms with Crippen LogP contribution in [-0.4, -0.2) is 58.6 Å². The lowest BCUT2D eigenvalue weighted by Crippen LogP contribution is -2.31. The van der Waals surface area contributed by atoms with Crippen molar-refractivity contribution in [2.75, 3.05) is 24.7 Å². The highest BCUT2D eigenvalue weighted by molar-refractivity contribution is 7.99. The molecule has 0 bridgehead atoms. The molecule has 2 N–H and O–H groups in total. The van der Waals surface area contributed by atoms with Crippen molar-refractivity contribution in [2.45, 2.75) is 71.2 Å². The lowest BCUT2D eigenvalue weighted by Gasteiger charge is -2.26. The van der Waals surface area contributed by atoms with Crippen LogP contribution in [0.5, 0.6) is 11.5 Å². The summed E-state index contributed by atoms with van der Waals surface area (Å²) in [6.07, 6.45) is 3.32. The van der Waals surface area contributed by atoms with E-state index in [9.17, 15) is 14.7 Å². The van der Waals surface area contributed by atoms with Gasteiger partial charge in [-0.25, -0.2) is 0 Å². The zero-order chi connectivity index (χ0) is 22.9. The van der Waals surface area contributed by atoms with Gasteiger partial charge in [0.2, 0.25) is 0 Å². The van der Waals surface area contributed by atoms with Crippen molar-refractivity contribution >= 4 is 23.5 Å². The van der Waals surface area contributed by atoms with E-state index in [0.717, 1.165) is 24.3 Å². The molecule has 2 atom stereocenters. The molecule has 1 aliphatic heterocycles. The van der Waals surface area contributed by atoms with Crippen molar-refractivity contribution in [3.63, 3.8) is 0 Å². The van der Waals surface area contributed by atoms with Gasteiger partial charge in [-0.15, -0.1) is 0 Å². The first-order chi connectivity index (χ1) is 14.8. The van der Waals surface area contributed by atoms with E-state index < -0.39 is 11.8 Å². The number of carboxylic acids is 1. The molecule has 1 saturated heterocycles. The molecule has 1 aromatic rings. The van der Waals surface area contributed by atoms with Gasteiger partial charge in [0.25, 0.3) is 0 Å². The number of thioether (sulfide) groups is 1. The predicted octanol–water partition coefficient (Wildman–Crippen LogP) is 4.44. The van der Waals surface area contributed by atoms with Crippen LogP contribution in [0, 0.1) is 0 Å². The number of Topliss-reactive ketones (excluding diaryl/α,β-unsaturated/α-hetero) is 1. The summed E-state index contributed by atoms with van der Waals surface area (Å²) in [6, 6.07) is 3.38. The van der Waals surface area contributed by atoms with Crippen LogP contribution in [0.2, 0.25) is 0 Å². The summed E-state index contributed by atoms with van der Waals surface area (Å²) >= 11 is 1.75. The van der Waals surface area contributed by atoms with Gasteiger partial charge >= 0.3 is 5.97 Å². The second-order valence-electron chi connectivity index (χ2n) is 7.73. The Morgan fingerprint density at radius 3 is 2.74 bits per heavy atom. The summed E-state index contributed by atoms with van der Waals surface area (Å²) in [5.74, 6) is 0.556.